The van der Waals surface area contributed by atoms with E-state index < -0.39 is 0 Å². The summed E-state index contributed by atoms with van der Waals surface area (Å²) in [5.74, 6) is 0.682. The van der Waals surface area contributed by atoms with E-state index in [0.717, 1.165) is 27.9 Å². The minimum absolute atomic E-state index is 0.163. The van der Waals surface area contributed by atoms with Crippen LogP contribution in [0.25, 0.3) is 6.08 Å². The zero-order valence-corrected chi connectivity index (χ0v) is 14.0. The Kier molecular flexibility index (Phi) is 6.22. The van der Waals surface area contributed by atoms with Gasteiger partial charge >= 0.3 is 0 Å². The predicted molar refractivity (Wildman–Crippen MR) is 94.0 cm³/mol. The molecule has 3 nitrogen and oxygen atoms in total. The second kappa shape index (κ2) is 8.39. The average molecular weight is 360 g/mol. The Morgan fingerprint density at radius 2 is 2.00 bits per heavy atom. The summed E-state index contributed by atoms with van der Waals surface area (Å²) < 4.78 is 6.45. The van der Waals surface area contributed by atoms with Crippen molar-refractivity contribution in [1.82, 2.24) is 0 Å². The monoisotopic (exact) mass is 359 g/mol. The molecule has 0 atom stereocenters. The fraction of sp³-hybridized carbons (Fsp3) is 0.167. The molecule has 0 fully saturated rings. The Bertz CT molecular complexity index is 650. The topological polar surface area (TPSA) is 38.3 Å². The van der Waals surface area contributed by atoms with Crippen LogP contribution in [-0.2, 0) is 4.79 Å². The second-order valence-electron chi connectivity index (χ2n) is 4.75. The van der Waals surface area contributed by atoms with Crippen LogP contribution in [0.4, 0.5) is 5.69 Å². The molecular weight excluding hydrogens is 342 g/mol. The van der Waals surface area contributed by atoms with Crippen molar-refractivity contribution in [2.24, 2.45) is 0 Å². The van der Waals surface area contributed by atoms with Gasteiger partial charge in [0.15, 0.2) is 0 Å². The summed E-state index contributed by atoms with van der Waals surface area (Å²) in [5, 5.41) is 2.81. The molecule has 2 aromatic rings. The molecule has 0 saturated carbocycles. The number of hydrogen-bond donors (Lipinski definition) is 1. The first-order valence-electron chi connectivity index (χ1n) is 7.15. The first-order chi connectivity index (χ1) is 10.7. The van der Waals surface area contributed by atoms with E-state index in [9.17, 15) is 4.79 Å². The van der Waals surface area contributed by atoms with E-state index >= 15 is 0 Å². The Labute approximate surface area is 139 Å². The molecule has 0 aliphatic rings. The van der Waals surface area contributed by atoms with Gasteiger partial charge in [-0.25, -0.2) is 0 Å². The van der Waals surface area contributed by atoms with E-state index in [1.54, 1.807) is 6.08 Å². The van der Waals surface area contributed by atoms with E-state index in [1.165, 1.54) is 6.08 Å². The van der Waals surface area contributed by atoms with E-state index in [2.05, 4.69) is 28.2 Å². The molecule has 0 radical (unpaired) electrons. The fourth-order valence-electron chi connectivity index (χ4n) is 1.82. The van der Waals surface area contributed by atoms with Crippen LogP contribution >= 0.6 is 15.9 Å². The normalized spacial score (nSPS) is 10.6. The largest absolute Gasteiger partial charge is 0.494 e. The van der Waals surface area contributed by atoms with Gasteiger partial charge in [-0.2, -0.15) is 0 Å². The second-order valence-corrected chi connectivity index (χ2v) is 5.67. The molecule has 0 aromatic heterocycles. The van der Waals surface area contributed by atoms with Gasteiger partial charge < -0.3 is 10.1 Å². The van der Waals surface area contributed by atoms with Gasteiger partial charge in [-0.1, -0.05) is 41.1 Å². The number of carbonyl (C=O) groups is 1. The van der Waals surface area contributed by atoms with Crippen molar-refractivity contribution in [1.29, 1.82) is 0 Å². The lowest BCUT2D eigenvalue weighted by Gasteiger charge is -2.04. The van der Waals surface area contributed by atoms with E-state index in [4.69, 9.17) is 4.74 Å². The van der Waals surface area contributed by atoms with Crippen molar-refractivity contribution in [2.45, 2.75) is 13.3 Å². The Morgan fingerprint density at radius 1 is 1.23 bits per heavy atom. The molecular formula is C18H18BrNO2. The highest BCUT2D eigenvalue weighted by molar-refractivity contribution is 9.10. The molecule has 0 saturated heterocycles. The molecule has 0 aliphatic carbocycles. The summed E-state index contributed by atoms with van der Waals surface area (Å²) >= 11 is 3.37. The number of benzene rings is 2. The van der Waals surface area contributed by atoms with Crippen molar-refractivity contribution in [2.75, 3.05) is 11.9 Å². The fourth-order valence-corrected chi connectivity index (χ4v) is 2.22. The highest BCUT2D eigenvalue weighted by atomic mass is 79.9. The summed E-state index contributed by atoms with van der Waals surface area (Å²) in [4.78, 5) is 11.9. The summed E-state index contributed by atoms with van der Waals surface area (Å²) in [7, 11) is 0. The van der Waals surface area contributed by atoms with Crippen molar-refractivity contribution < 1.29 is 9.53 Å². The number of amides is 1. The lowest BCUT2D eigenvalue weighted by molar-refractivity contribution is -0.111. The third-order valence-corrected chi connectivity index (χ3v) is 3.37. The number of rotatable bonds is 6. The van der Waals surface area contributed by atoms with Crippen LogP contribution in [0.5, 0.6) is 5.75 Å². The molecule has 0 spiro atoms. The molecule has 0 aliphatic heterocycles. The Morgan fingerprint density at radius 3 is 2.68 bits per heavy atom. The maximum absolute atomic E-state index is 11.9. The minimum Gasteiger partial charge on any atom is -0.494 e. The highest BCUT2D eigenvalue weighted by Crippen LogP contribution is 2.16. The van der Waals surface area contributed by atoms with Crippen LogP contribution < -0.4 is 10.1 Å². The van der Waals surface area contributed by atoms with Gasteiger partial charge in [0.2, 0.25) is 5.91 Å². The zero-order chi connectivity index (χ0) is 15.8. The molecule has 2 rings (SSSR count). The van der Waals surface area contributed by atoms with Crippen molar-refractivity contribution >= 4 is 33.6 Å². The molecule has 114 valence electrons. The maximum atomic E-state index is 11.9. The standard InChI is InChI=1S/C18H18BrNO2/c1-2-12-22-17-9-6-14(7-10-17)8-11-18(21)20-16-5-3-4-15(19)13-16/h3-11,13H,2,12H2,1H3,(H,20,21)/b11-8+. The summed E-state index contributed by atoms with van der Waals surface area (Å²) in [6, 6.07) is 15.1. The number of halogens is 1. The summed E-state index contributed by atoms with van der Waals surface area (Å²) in [5.41, 5.74) is 1.71. The number of carbonyl (C=O) groups excluding carboxylic acids is 1. The van der Waals surface area contributed by atoms with Gasteiger partial charge in [0, 0.05) is 16.2 Å². The maximum Gasteiger partial charge on any atom is 0.248 e. The summed E-state index contributed by atoms with van der Waals surface area (Å²) in [6.45, 7) is 2.78. The van der Waals surface area contributed by atoms with Gasteiger partial charge in [-0.15, -0.1) is 0 Å². The van der Waals surface area contributed by atoms with Gasteiger partial charge in [0.1, 0.15) is 5.75 Å². The lowest BCUT2D eigenvalue weighted by Crippen LogP contribution is -2.07. The van der Waals surface area contributed by atoms with Crippen LogP contribution in [0.1, 0.15) is 18.9 Å². The molecule has 2 aromatic carbocycles. The first kappa shape index (κ1) is 16.3. The molecule has 0 bridgehead atoms. The van der Waals surface area contributed by atoms with Gasteiger partial charge in [0.25, 0.3) is 0 Å². The summed E-state index contributed by atoms with van der Waals surface area (Å²) in [6.07, 6.45) is 4.27. The molecule has 0 unspecified atom stereocenters. The van der Waals surface area contributed by atoms with E-state index in [-0.39, 0.29) is 5.91 Å². The molecule has 0 heterocycles. The average Bonchev–Trinajstić information content (AvgIpc) is 2.52. The zero-order valence-electron chi connectivity index (χ0n) is 12.4. The highest BCUT2D eigenvalue weighted by Gasteiger charge is 1.98. The van der Waals surface area contributed by atoms with Crippen molar-refractivity contribution in [3.05, 3.63) is 64.6 Å². The SMILES string of the molecule is CCCOc1ccc(/C=C/C(=O)Nc2cccc(Br)c2)cc1. The van der Waals surface area contributed by atoms with Gasteiger partial charge in [-0.3, -0.25) is 4.79 Å². The predicted octanol–water partition coefficient (Wildman–Crippen LogP) is 4.89. The third kappa shape index (κ3) is 5.37. The first-order valence-corrected chi connectivity index (χ1v) is 7.94. The lowest BCUT2D eigenvalue weighted by atomic mass is 10.2. The smallest absolute Gasteiger partial charge is 0.248 e. The third-order valence-electron chi connectivity index (χ3n) is 2.87. The van der Waals surface area contributed by atoms with Crippen molar-refractivity contribution in [3.63, 3.8) is 0 Å². The van der Waals surface area contributed by atoms with Crippen LogP contribution in [0, 0.1) is 0 Å². The van der Waals surface area contributed by atoms with Crippen molar-refractivity contribution in [3.8, 4) is 5.75 Å². The number of nitrogens with one attached hydrogen (secondary N) is 1. The Balaban J connectivity index is 1.92. The van der Waals surface area contributed by atoms with Crippen LogP contribution in [0.15, 0.2) is 59.1 Å². The molecule has 4 heteroatoms. The quantitative estimate of drug-likeness (QED) is 0.745. The van der Waals surface area contributed by atoms with Crippen LogP contribution in [0.3, 0.4) is 0 Å². The van der Waals surface area contributed by atoms with E-state index in [0.29, 0.717) is 6.61 Å². The van der Waals surface area contributed by atoms with Gasteiger partial charge in [-0.05, 0) is 48.4 Å². The number of anilines is 1. The van der Waals surface area contributed by atoms with E-state index in [1.807, 2.05) is 48.5 Å². The van der Waals surface area contributed by atoms with Crippen LogP contribution in [0.2, 0.25) is 0 Å². The molecule has 1 amide bonds. The molecule has 1 N–H and O–H groups in total. The van der Waals surface area contributed by atoms with Crippen LogP contribution in [-0.4, -0.2) is 12.5 Å². The Hall–Kier alpha value is -2.07. The number of ether oxygens (including phenoxy) is 1. The molecule has 22 heavy (non-hydrogen) atoms. The number of hydrogen-bond acceptors (Lipinski definition) is 2. The minimum atomic E-state index is -0.163. The van der Waals surface area contributed by atoms with Gasteiger partial charge in [0.05, 0.1) is 6.61 Å².